The molecule has 1 rings (SSSR count). The predicted molar refractivity (Wildman–Crippen MR) is 122 cm³/mol. The number of benzene rings is 1. The van der Waals surface area contributed by atoms with Crippen LogP contribution in [0.4, 0.5) is 5.69 Å². The topological polar surface area (TPSA) is 58.2 Å². The summed E-state index contributed by atoms with van der Waals surface area (Å²) in [6.45, 7) is 4.46. The number of hydrazine groups is 1. The monoisotopic (exact) mass is 430 g/mol. The maximum Gasteiger partial charge on any atom is 0.229 e. The fraction of sp³-hybridized carbons (Fsp3) is 0.727. The van der Waals surface area contributed by atoms with Gasteiger partial charge in [0.2, 0.25) is 10.0 Å². The molecule has 6 heteroatoms. The SMILES string of the molecule is CCCCCCC(CCCCC)CCC(Cl)CS(=O)(=O)NNc1ccccc1. The first-order valence-electron chi connectivity index (χ1n) is 10.9. The number of halogens is 1. The molecule has 162 valence electrons. The van der Waals surface area contributed by atoms with Gasteiger partial charge in [-0.1, -0.05) is 89.8 Å². The van der Waals surface area contributed by atoms with Gasteiger partial charge in [0, 0.05) is 11.1 Å². The summed E-state index contributed by atoms with van der Waals surface area (Å²) in [4.78, 5) is 2.42. The van der Waals surface area contributed by atoms with E-state index in [2.05, 4.69) is 24.1 Å². The molecule has 1 aromatic rings. The normalized spacial score (nSPS) is 14.0. The van der Waals surface area contributed by atoms with Crippen molar-refractivity contribution < 1.29 is 8.42 Å². The first-order chi connectivity index (χ1) is 13.5. The lowest BCUT2D eigenvalue weighted by molar-refractivity contribution is 0.375. The van der Waals surface area contributed by atoms with Gasteiger partial charge < -0.3 is 5.43 Å². The minimum absolute atomic E-state index is 0.0636. The standard InChI is InChI=1S/C22H39ClN2O2S/c1-3-5-7-10-14-20(13-9-6-4-2)17-18-21(23)19-28(26,27)25-24-22-15-11-8-12-16-22/h8,11-12,15-16,20-21,24-25H,3-7,9-10,13-14,17-19H2,1-2H3. The van der Waals surface area contributed by atoms with Crippen molar-refractivity contribution in [1.82, 2.24) is 4.83 Å². The van der Waals surface area contributed by atoms with Crippen LogP contribution < -0.4 is 10.3 Å². The molecule has 2 N–H and O–H groups in total. The van der Waals surface area contributed by atoms with E-state index >= 15 is 0 Å². The minimum atomic E-state index is -3.47. The molecule has 0 aliphatic heterocycles. The molecule has 0 saturated heterocycles. The van der Waals surface area contributed by atoms with Gasteiger partial charge in [0.05, 0.1) is 5.75 Å². The zero-order valence-corrected chi connectivity index (χ0v) is 19.2. The van der Waals surface area contributed by atoms with Crippen molar-refractivity contribution in [3.05, 3.63) is 30.3 Å². The largest absolute Gasteiger partial charge is 0.308 e. The van der Waals surface area contributed by atoms with Crippen LogP contribution in [-0.2, 0) is 10.0 Å². The molecule has 1 aromatic carbocycles. The maximum absolute atomic E-state index is 12.3. The highest BCUT2D eigenvalue weighted by Gasteiger charge is 2.19. The number of anilines is 1. The van der Waals surface area contributed by atoms with E-state index in [9.17, 15) is 8.42 Å². The van der Waals surface area contributed by atoms with Gasteiger partial charge in [-0.05, 0) is 30.9 Å². The van der Waals surface area contributed by atoms with Gasteiger partial charge in [-0.3, -0.25) is 0 Å². The average molecular weight is 431 g/mol. The van der Waals surface area contributed by atoms with Crippen LogP contribution >= 0.6 is 11.6 Å². The van der Waals surface area contributed by atoms with Crippen LogP contribution in [0.2, 0.25) is 0 Å². The van der Waals surface area contributed by atoms with Gasteiger partial charge in [0.25, 0.3) is 0 Å². The van der Waals surface area contributed by atoms with E-state index < -0.39 is 10.0 Å². The Bertz CT molecular complexity index is 596. The van der Waals surface area contributed by atoms with Gasteiger partial charge in [0.1, 0.15) is 0 Å². The highest BCUT2D eigenvalue weighted by molar-refractivity contribution is 7.89. The number of rotatable bonds is 17. The van der Waals surface area contributed by atoms with Crippen LogP contribution in [0.5, 0.6) is 0 Å². The number of nitrogens with one attached hydrogen (secondary N) is 2. The van der Waals surface area contributed by atoms with Gasteiger partial charge in [-0.2, -0.15) is 0 Å². The van der Waals surface area contributed by atoms with Crippen LogP contribution in [0, 0.1) is 5.92 Å². The second kappa shape index (κ2) is 15.1. The molecule has 0 aliphatic carbocycles. The van der Waals surface area contributed by atoms with E-state index in [4.69, 9.17) is 11.6 Å². The maximum atomic E-state index is 12.3. The van der Waals surface area contributed by atoms with E-state index in [1.807, 2.05) is 18.2 Å². The fourth-order valence-corrected chi connectivity index (χ4v) is 5.04. The summed E-state index contributed by atoms with van der Waals surface area (Å²) < 4.78 is 24.5. The lowest BCUT2D eigenvalue weighted by Gasteiger charge is -2.19. The third-order valence-corrected chi connectivity index (χ3v) is 6.90. The van der Waals surface area contributed by atoms with Crippen LogP contribution in [0.15, 0.2) is 30.3 Å². The van der Waals surface area contributed by atoms with Gasteiger partial charge >= 0.3 is 0 Å². The molecule has 0 heterocycles. The zero-order valence-electron chi connectivity index (χ0n) is 17.6. The first kappa shape index (κ1) is 25.3. The second-order valence-electron chi connectivity index (χ2n) is 7.76. The van der Waals surface area contributed by atoms with Crippen molar-refractivity contribution in [2.24, 2.45) is 5.92 Å². The molecule has 28 heavy (non-hydrogen) atoms. The molecule has 4 nitrogen and oxygen atoms in total. The minimum Gasteiger partial charge on any atom is -0.308 e. The van der Waals surface area contributed by atoms with E-state index in [0.29, 0.717) is 11.6 Å². The molecule has 0 aromatic heterocycles. The fourth-order valence-electron chi connectivity index (χ4n) is 3.41. The lowest BCUT2D eigenvalue weighted by Crippen LogP contribution is -2.34. The van der Waals surface area contributed by atoms with Crippen molar-refractivity contribution in [2.75, 3.05) is 11.2 Å². The van der Waals surface area contributed by atoms with E-state index in [-0.39, 0.29) is 11.1 Å². The molecular weight excluding hydrogens is 392 g/mol. The third kappa shape index (κ3) is 12.6. The molecule has 2 unspecified atom stereocenters. The van der Waals surface area contributed by atoms with Crippen molar-refractivity contribution >= 4 is 27.3 Å². The number of para-hydroxylation sites is 1. The van der Waals surface area contributed by atoms with Crippen molar-refractivity contribution in [2.45, 2.75) is 89.9 Å². The summed E-state index contributed by atoms with van der Waals surface area (Å²) in [5.74, 6) is 0.606. The van der Waals surface area contributed by atoms with Crippen molar-refractivity contribution in [3.63, 3.8) is 0 Å². The van der Waals surface area contributed by atoms with Gasteiger partial charge in [-0.15, -0.1) is 16.4 Å². The van der Waals surface area contributed by atoms with E-state index in [1.54, 1.807) is 12.1 Å². The smallest absolute Gasteiger partial charge is 0.229 e. The quantitative estimate of drug-likeness (QED) is 0.169. The Hall–Kier alpha value is -0.780. The Kier molecular flexibility index (Phi) is 13.6. The third-order valence-electron chi connectivity index (χ3n) is 5.09. The summed E-state index contributed by atoms with van der Waals surface area (Å²) in [6, 6.07) is 9.19. The van der Waals surface area contributed by atoms with Crippen LogP contribution in [0.1, 0.15) is 84.5 Å². The molecule has 2 atom stereocenters. The van der Waals surface area contributed by atoms with Crippen LogP contribution in [0.3, 0.4) is 0 Å². The summed E-state index contributed by atoms with van der Waals surface area (Å²) in [5.41, 5.74) is 3.44. The summed E-state index contributed by atoms with van der Waals surface area (Å²) >= 11 is 6.39. The molecule has 0 fully saturated rings. The van der Waals surface area contributed by atoms with E-state index in [1.165, 1.54) is 57.8 Å². The van der Waals surface area contributed by atoms with Gasteiger partial charge in [-0.25, -0.2) is 8.42 Å². The molecular formula is C22H39ClN2O2S. The van der Waals surface area contributed by atoms with Crippen molar-refractivity contribution in [3.8, 4) is 0 Å². The Morgan fingerprint density at radius 3 is 2.11 bits per heavy atom. The Morgan fingerprint density at radius 2 is 1.46 bits per heavy atom. The number of unbranched alkanes of at least 4 members (excludes halogenated alkanes) is 5. The Morgan fingerprint density at radius 1 is 0.857 bits per heavy atom. The summed E-state index contributed by atoms with van der Waals surface area (Å²) in [5, 5.41) is -0.362. The zero-order chi connectivity index (χ0) is 20.7. The number of hydrogen-bond donors (Lipinski definition) is 2. The molecule has 0 bridgehead atoms. The lowest BCUT2D eigenvalue weighted by atomic mass is 9.90. The highest BCUT2D eigenvalue weighted by Crippen LogP contribution is 2.24. The molecule has 0 spiro atoms. The Balaban J connectivity index is 2.38. The molecule has 0 amide bonds. The predicted octanol–water partition coefficient (Wildman–Crippen LogP) is 6.49. The number of hydrogen-bond acceptors (Lipinski definition) is 3. The number of sulfonamides is 1. The van der Waals surface area contributed by atoms with Crippen LogP contribution in [0.25, 0.3) is 0 Å². The highest BCUT2D eigenvalue weighted by atomic mass is 35.5. The second-order valence-corrected chi connectivity index (χ2v) is 10.1. The molecule has 0 saturated carbocycles. The summed E-state index contributed by atoms with van der Waals surface area (Å²) in [7, 11) is -3.47. The Labute approximate surface area is 177 Å². The molecule has 0 radical (unpaired) electrons. The van der Waals surface area contributed by atoms with Crippen LogP contribution in [-0.4, -0.2) is 19.5 Å². The van der Waals surface area contributed by atoms with Crippen molar-refractivity contribution in [1.29, 1.82) is 0 Å². The van der Waals surface area contributed by atoms with Gasteiger partial charge in [0.15, 0.2) is 0 Å². The number of alkyl halides is 1. The van der Waals surface area contributed by atoms with E-state index in [0.717, 1.165) is 12.8 Å². The average Bonchev–Trinajstić information content (AvgIpc) is 2.68. The first-order valence-corrected chi connectivity index (χ1v) is 13.0. The summed E-state index contributed by atoms with van der Waals surface area (Å²) in [6.07, 6.45) is 13.2. The molecule has 0 aliphatic rings.